The summed E-state index contributed by atoms with van der Waals surface area (Å²) in [5.41, 5.74) is 7.96. The molecule has 2 heterocycles. The molecule has 30 heavy (non-hydrogen) atoms. The van der Waals surface area contributed by atoms with Gasteiger partial charge in [-0.1, -0.05) is 85.5 Å². The molecule has 2 atom stereocenters. The maximum atomic E-state index is 5.03. The van der Waals surface area contributed by atoms with Crippen molar-refractivity contribution < 1.29 is 0 Å². The van der Waals surface area contributed by atoms with Crippen LogP contribution < -0.4 is 5.32 Å². The second-order valence-corrected chi connectivity index (χ2v) is 8.32. The largest absolute Gasteiger partial charge is 0.358 e. The monoisotopic (exact) mass is 390 g/mol. The molecule has 0 aromatic heterocycles. The zero-order valence-corrected chi connectivity index (χ0v) is 17.3. The molecule has 0 saturated heterocycles. The van der Waals surface area contributed by atoms with Crippen LogP contribution in [0, 0.1) is 5.92 Å². The Morgan fingerprint density at radius 1 is 1.03 bits per heavy atom. The second kappa shape index (κ2) is 7.46. The summed E-state index contributed by atoms with van der Waals surface area (Å²) in [6.45, 7) is 6.64. The van der Waals surface area contributed by atoms with Crippen molar-refractivity contribution in [2.75, 3.05) is 5.32 Å². The molecule has 2 aliphatic heterocycles. The first-order valence-corrected chi connectivity index (χ1v) is 10.6. The van der Waals surface area contributed by atoms with E-state index in [0.717, 1.165) is 18.5 Å². The molecule has 0 radical (unpaired) electrons. The van der Waals surface area contributed by atoms with Gasteiger partial charge in [-0.3, -0.25) is 4.99 Å². The molecule has 1 N–H and O–H groups in total. The van der Waals surface area contributed by atoms with Gasteiger partial charge in [-0.05, 0) is 42.2 Å². The molecule has 0 fully saturated rings. The van der Waals surface area contributed by atoms with E-state index in [4.69, 9.17) is 4.99 Å². The van der Waals surface area contributed by atoms with E-state index in [1.54, 1.807) is 0 Å². The highest BCUT2D eigenvalue weighted by molar-refractivity contribution is 6.05. The minimum Gasteiger partial charge on any atom is -0.358 e. The molecule has 5 rings (SSSR count). The highest BCUT2D eigenvalue weighted by Gasteiger charge is 2.44. The van der Waals surface area contributed by atoms with Crippen molar-refractivity contribution in [2.24, 2.45) is 10.9 Å². The third kappa shape index (κ3) is 3.09. The first kappa shape index (κ1) is 18.6. The SMILES string of the molecule is C=C1N=C(C2C=CC=CC2)C(C)(c2ccccc2)/C1=C/C=C1\Cc2ccccc2N1. The lowest BCUT2D eigenvalue weighted by atomic mass is 9.68. The number of nitrogens with one attached hydrogen (secondary N) is 1. The Morgan fingerprint density at radius 3 is 2.60 bits per heavy atom. The predicted molar refractivity (Wildman–Crippen MR) is 127 cm³/mol. The van der Waals surface area contributed by atoms with Crippen LogP contribution in [0.25, 0.3) is 0 Å². The van der Waals surface area contributed by atoms with Crippen molar-refractivity contribution in [3.05, 3.63) is 126 Å². The molecule has 2 nitrogen and oxygen atoms in total. The molecule has 2 unspecified atom stereocenters. The molecule has 2 aromatic carbocycles. The lowest BCUT2D eigenvalue weighted by Crippen LogP contribution is -2.35. The summed E-state index contributed by atoms with van der Waals surface area (Å²) in [5, 5.41) is 3.54. The van der Waals surface area contributed by atoms with E-state index < -0.39 is 0 Å². The predicted octanol–water partition coefficient (Wildman–Crippen LogP) is 6.52. The maximum Gasteiger partial charge on any atom is 0.0602 e. The number of nitrogens with zero attached hydrogens (tertiary/aromatic N) is 1. The van der Waals surface area contributed by atoms with Crippen molar-refractivity contribution >= 4 is 11.4 Å². The number of rotatable bonds is 3. The van der Waals surface area contributed by atoms with Crippen LogP contribution in [-0.2, 0) is 11.8 Å². The average Bonchev–Trinajstić information content (AvgIpc) is 3.32. The van der Waals surface area contributed by atoms with E-state index in [2.05, 4.69) is 110 Å². The summed E-state index contributed by atoms with van der Waals surface area (Å²) < 4.78 is 0. The van der Waals surface area contributed by atoms with Gasteiger partial charge in [0, 0.05) is 29.4 Å². The Hall–Kier alpha value is -3.39. The Kier molecular flexibility index (Phi) is 4.63. The molecule has 2 heteroatoms. The van der Waals surface area contributed by atoms with Gasteiger partial charge in [0.1, 0.15) is 0 Å². The van der Waals surface area contributed by atoms with Crippen molar-refractivity contribution in [2.45, 2.75) is 25.2 Å². The van der Waals surface area contributed by atoms with Crippen molar-refractivity contribution in [3.63, 3.8) is 0 Å². The van der Waals surface area contributed by atoms with Crippen LogP contribution >= 0.6 is 0 Å². The lowest BCUT2D eigenvalue weighted by molar-refractivity contribution is 0.720. The highest BCUT2D eigenvalue weighted by atomic mass is 14.9. The van der Waals surface area contributed by atoms with Gasteiger partial charge in [0.05, 0.1) is 11.1 Å². The van der Waals surface area contributed by atoms with Crippen LogP contribution in [0.15, 0.2) is 120 Å². The number of hydrogen-bond acceptors (Lipinski definition) is 2. The number of benzene rings is 2. The molecule has 0 spiro atoms. The summed E-state index contributed by atoms with van der Waals surface area (Å²) in [6.07, 6.45) is 15.1. The number of anilines is 1. The summed E-state index contributed by atoms with van der Waals surface area (Å²) in [7, 11) is 0. The standard InChI is InChI=1S/C28H26N2/c1-20-25(18-17-24-19-22-13-9-10-16-26(22)30-24)28(2,23-14-7-4-8-15-23)27(29-20)21-11-5-3-6-12-21/h3-11,13-18,21,30H,1,12,19H2,2H3/b24-17+,25-18+. The van der Waals surface area contributed by atoms with E-state index in [0.29, 0.717) is 5.92 Å². The fourth-order valence-electron chi connectivity index (χ4n) is 4.82. The van der Waals surface area contributed by atoms with Crippen LogP contribution in [0.2, 0.25) is 0 Å². The van der Waals surface area contributed by atoms with Gasteiger partial charge in [0.15, 0.2) is 0 Å². The topological polar surface area (TPSA) is 24.4 Å². The van der Waals surface area contributed by atoms with E-state index in [9.17, 15) is 0 Å². The number of fused-ring (bicyclic) bond motifs is 1. The van der Waals surface area contributed by atoms with Crippen LogP contribution in [0.5, 0.6) is 0 Å². The van der Waals surface area contributed by atoms with Gasteiger partial charge in [-0.25, -0.2) is 0 Å². The summed E-state index contributed by atoms with van der Waals surface area (Å²) in [4.78, 5) is 5.03. The first-order chi connectivity index (χ1) is 14.7. The second-order valence-electron chi connectivity index (χ2n) is 8.32. The van der Waals surface area contributed by atoms with E-state index in [1.807, 2.05) is 0 Å². The molecule has 0 bridgehead atoms. The zero-order valence-electron chi connectivity index (χ0n) is 17.3. The number of allylic oxidation sites excluding steroid dienone is 8. The molecule has 148 valence electrons. The molecule has 3 aliphatic rings. The third-order valence-corrected chi connectivity index (χ3v) is 6.44. The normalized spacial score (nSPS) is 27.4. The zero-order chi connectivity index (χ0) is 20.6. The van der Waals surface area contributed by atoms with Gasteiger partial charge >= 0.3 is 0 Å². The summed E-state index contributed by atoms with van der Waals surface area (Å²) in [5.74, 6) is 0.296. The number of aliphatic imine (C=N–C) groups is 1. The van der Waals surface area contributed by atoms with Crippen molar-refractivity contribution in [1.29, 1.82) is 0 Å². The van der Waals surface area contributed by atoms with E-state index in [-0.39, 0.29) is 5.41 Å². The molecular formula is C28H26N2. The minimum absolute atomic E-state index is 0.291. The molecule has 2 aromatic rings. The number of para-hydroxylation sites is 1. The average molecular weight is 391 g/mol. The Labute approximate surface area is 178 Å². The van der Waals surface area contributed by atoms with Crippen LogP contribution in [0.1, 0.15) is 24.5 Å². The highest BCUT2D eigenvalue weighted by Crippen LogP contribution is 2.46. The number of hydrogen-bond donors (Lipinski definition) is 1. The van der Waals surface area contributed by atoms with Gasteiger partial charge in [-0.15, -0.1) is 0 Å². The summed E-state index contributed by atoms with van der Waals surface area (Å²) >= 11 is 0. The van der Waals surface area contributed by atoms with Crippen LogP contribution in [-0.4, -0.2) is 5.71 Å². The van der Waals surface area contributed by atoms with Crippen molar-refractivity contribution in [3.8, 4) is 0 Å². The van der Waals surface area contributed by atoms with E-state index in [1.165, 1.54) is 33.8 Å². The minimum atomic E-state index is -0.291. The van der Waals surface area contributed by atoms with Crippen LogP contribution in [0.4, 0.5) is 5.69 Å². The fraction of sp³-hybridized carbons (Fsp3) is 0.179. The van der Waals surface area contributed by atoms with Crippen LogP contribution in [0.3, 0.4) is 0 Å². The van der Waals surface area contributed by atoms with Gasteiger partial charge in [0.2, 0.25) is 0 Å². The molecular weight excluding hydrogens is 364 g/mol. The Balaban J connectivity index is 1.55. The van der Waals surface area contributed by atoms with Crippen molar-refractivity contribution in [1.82, 2.24) is 0 Å². The fourth-order valence-corrected chi connectivity index (χ4v) is 4.82. The van der Waals surface area contributed by atoms with Gasteiger partial charge < -0.3 is 5.32 Å². The molecule has 1 aliphatic carbocycles. The summed E-state index contributed by atoms with van der Waals surface area (Å²) in [6, 6.07) is 19.2. The van der Waals surface area contributed by atoms with Gasteiger partial charge in [0.25, 0.3) is 0 Å². The quantitative estimate of drug-likeness (QED) is 0.633. The molecule has 0 saturated carbocycles. The van der Waals surface area contributed by atoms with Gasteiger partial charge in [-0.2, -0.15) is 0 Å². The Morgan fingerprint density at radius 2 is 1.83 bits per heavy atom. The van der Waals surface area contributed by atoms with E-state index >= 15 is 0 Å². The maximum absolute atomic E-state index is 5.03. The molecule has 0 amide bonds. The lowest BCUT2D eigenvalue weighted by Gasteiger charge is -2.32. The first-order valence-electron chi connectivity index (χ1n) is 10.6. The smallest absolute Gasteiger partial charge is 0.0602 e. The Bertz CT molecular complexity index is 1120. The third-order valence-electron chi connectivity index (χ3n) is 6.44.